The number of rotatable bonds is 7. The van der Waals surface area contributed by atoms with Crippen LogP contribution in [0.15, 0.2) is 21.3 Å². The highest BCUT2D eigenvalue weighted by atomic mass is 16.7. The Kier molecular flexibility index (Phi) is 5.89. The van der Waals surface area contributed by atoms with Gasteiger partial charge >= 0.3 is 11.9 Å². The zero-order chi connectivity index (χ0) is 21.3. The van der Waals surface area contributed by atoms with Crippen LogP contribution in [0.3, 0.4) is 0 Å². The molecule has 1 fully saturated rings. The lowest BCUT2D eigenvalue weighted by atomic mass is 9.99. The van der Waals surface area contributed by atoms with E-state index in [9.17, 15) is 20.0 Å². The second-order valence-corrected chi connectivity index (χ2v) is 7.37. The third-order valence-electron chi connectivity index (χ3n) is 5.37. The number of nitrogens with zero attached hydrogens (tertiary/aromatic N) is 2. The minimum atomic E-state index is -1.66. The Bertz CT molecular complexity index is 998. The van der Waals surface area contributed by atoms with E-state index in [1.165, 1.54) is 6.07 Å². The van der Waals surface area contributed by atoms with Crippen LogP contribution in [0.5, 0.6) is 11.5 Å². The minimum absolute atomic E-state index is 0.0849. The fourth-order valence-electron chi connectivity index (χ4n) is 3.94. The summed E-state index contributed by atoms with van der Waals surface area (Å²) in [5, 5.41) is 22.3. The molecule has 0 radical (unpaired) electrons. The van der Waals surface area contributed by atoms with Crippen molar-refractivity contribution < 1.29 is 28.7 Å². The molecular formula is C20H24N2O8. The lowest BCUT2D eigenvalue weighted by Crippen LogP contribution is -2.38. The van der Waals surface area contributed by atoms with Gasteiger partial charge < -0.3 is 23.7 Å². The largest absolute Gasteiger partial charge is 0.491 e. The summed E-state index contributed by atoms with van der Waals surface area (Å²) in [6.07, 6.45) is -1.83. The van der Waals surface area contributed by atoms with E-state index in [-0.39, 0.29) is 16.9 Å². The lowest BCUT2D eigenvalue weighted by molar-refractivity contribution is -0.572. The SMILES string of the molecule is CCCc1cc(=O)oc2c3c(cc(OCCN4CCOCC4)c12)O[C@@H]([N+](=O)[O-])[C@@H]3O. The number of hydrogen-bond donors (Lipinski definition) is 1. The van der Waals surface area contributed by atoms with Crippen LogP contribution in [0.4, 0.5) is 0 Å². The van der Waals surface area contributed by atoms with Crippen molar-refractivity contribution in [1.29, 1.82) is 0 Å². The van der Waals surface area contributed by atoms with Gasteiger partial charge in [-0.3, -0.25) is 15.0 Å². The topological polar surface area (TPSA) is 125 Å². The van der Waals surface area contributed by atoms with Crippen molar-refractivity contribution in [2.24, 2.45) is 0 Å². The highest BCUT2D eigenvalue weighted by Crippen LogP contribution is 2.46. The van der Waals surface area contributed by atoms with Crippen molar-refractivity contribution in [2.75, 3.05) is 39.5 Å². The standard InChI is InChI=1S/C20H24N2O8/c1-2-3-12-10-15(23)30-19-16(12)13(28-9-6-21-4-7-27-8-5-21)11-14-17(19)18(24)20(29-14)22(25)26/h10-11,18,20,24H,2-9H2,1H3/t18-,20-/m1/s1. The van der Waals surface area contributed by atoms with Crippen LogP contribution in [-0.2, 0) is 11.2 Å². The fraction of sp³-hybridized carbons (Fsp3) is 0.550. The molecule has 1 aromatic heterocycles. The number of aliphatic hydroxyl groups excluding tert-OH is 1. The fourth-order valence-corrected chi connectivity index (χ4v) is 3.94. The molecule has 1 saturated heterocycles. The average Bonchev–Trinajstić information content (AvgIpc) is 3.05. The second-order valence-electron chi connectivity index (χ2n) is 7.37. The maximum atomic E-state index is 12.2. The quantitative estimate of drug-likeness (QED) is 0.403. The monoisotopic (exact) mass is 420 g/mol. The van der Waals surface area contributed by atoms with Crippen molar-refractivity contribution in [1.82, 2.24) is 4.90 Å². The van der Waals surface area contributed by atoms with E-state index < -0.39 is 22.9 Å². The van der Waals surface area contributed by atoms with Crippen LogP contribution in [0.2, 0.25) is 0 Å². The Morgan fingerprint density at radius 2 is 2.10 bits per heavy atom. The summed E-state index contributed by atoms with van der Waals surface area (Å²) >= 11 is 0. The molecule has 0 spiro atoms. The van der Waals surface area contributed by atoms with E-state index in [1.807, 2.05) is 6.92 Å². The number of aliphatic hydroxyl groups is 1. The van der Waals surface area contributed by atoms with Crippen LogP contribution in [0.25, 0.3) is 11.0 Å². The van der Waals surface area contributed by atoms with Crippen molar-refractivity contribution in [2.45, 2.75) is 32.1 Å². The molecule has 30 heavy (non-hydrogen) atoms. The molecule has 1 aromatic carbocycles. The molecule has 3 heterocycles. The van der Waals surface area contributed by atoms with Crippen LogP contribution in [0, 0.1) is 10.1 Å². The van der Waals surface area contributed by atoms with Crippen molar-refractivity contribution >= 4 is 11.0 Å². The number of morpholine rings is 1. The molecule has 10 heteroatoms. The summed E-state index contributed by atoms with van der Waals surface area (Å²) < 4.78 is 22.1. The first-order chi connectivity index (χ1) is 14.5. The van der Waals surface area contributed by atoms with Gasteiger partial charge in [-0.15, -0.1) is 0 Å². The highest BCUT2D eigenvalue weighted by molar-refractivity contribution is 5.92. The summed E-state index contributed by atoms with van der Waals surface area (Å²) in [5.41, 5.74) is 0.323. The molecule has 1 N–H and O–H groups in total. The maximum absolute atomic E-state index is 12.2. The summed E-state index contributed by atoms with van der Waals surface area (Å²) in [6, 6.07) is 2.95. The molecule has 0 amide bonds. The van der Waals surface area contributed by atoms with Gasteiger partial charge in [0.15, 0.2) is 11.7 Å². The van der Waals surface area contributed by atoms with Gasteiger partial charge in [0.25, 0.3) is 0 Å². The first kappa shape index (κ1) is 20.6. The Hall–Kier alpha value is -2.69. The predicted molar refractivity (Wildman–Crippen MR) is 106 cm³/mol. The summed E-state index contributed by atoms with van der Waals surface area (Å²) in [7, 11) is 0. The molecule has 4 rings (SSSR count). The van der Waals surface area contributed by atoms with Gasteiger partial charge in [-0.25, -0.2) is 4.79 Å². The molecule has 0 bridgehead atoms. The Morgan fingerprint density at radius 1 is 1.33 bits per heavy atom. The summed E-state index contributed by atoms with van der Waals surface area (Å²) in [5.74, 6) is 0.510. The van der Waals surface area contributed by atoms with Gasteiger partial charge in [0.1, 0.15) is 18.1 Å². The third kappa shape index (κ3) is 3.85. The average molecular weight is 420 g/mol. The molecule has 2 aliphatic heterocycles. The predicted octanol–water partition coefficient (Wildman–Crippen LogP) is 1.49. The summed E-state index contributed by atoms with van der Waals surface area (Å²) in [6.45, 7) is 6.05. The van der Waals surface area contributed by atoms with Gasteiger partial charge in [-0.05, 0) is 12.0 Å². The van der Waals surface area contributed by atoms with Crippen LogP contribution in [-0.4, -0.2) is 60.6 Å². The van der Waals surface area contributed by atoms with Gasteiger partial charge in [-0.1, -0.05) is 13.3 Å². The molecular weight excluding hydrogens is 396 g/mol. The molecule has 10 nitrogen and oxygen atoms in total. The smallest absolute Gasteiger partial charge is 0.384 e. The van der Waals surface area contributed by atoms with E-state index >= 15 is 0 Å². The second kappa shape index (κ2) is 8.58. The van der Waals surface area contributed by atoms with Crippen molar-refractivity contribution in [3.05, 3.63) is 43.8 Å². The number of nitro groups is 1. The van der Waals surface area contributed by atoms with Crippen molar-refractivity contribution in [3.63, 3.8) is 0 Å². The summed E-state index contributed by atoms with van der Waals surface area (Å²) in [4.78, 5) is 24.9. The van der Waals surface area contributed by atoms with Crippen molar-refractivity contribution in [3.8, 4) is 11.5 Å². The van der Waals surface area contributed by atoms with E-state index in [2.05, 4.69) is 4.90 Å². The highest BCUT2D eigenvalue weighted by Gasteiger charge is 2.45. The molecule has 0 saturated carbocycles. The normalized spacial score (nSPS) is 21.4. The maximum Gasteiger partial charge on any atom is 0.384 e. The minimum Gasteiger partial charge on any atom is -0.491 e. The van der Waals surface area contributed by atoms with Gasteiger partial charge in [0, 0.05) is 31.8 Å². The molecule has 2 aliphatic rings. The zero-order valence-corrected chi connectivity index (χ0v) is 16.7. The number of ether oxygens (including phenoxy) is 3. The Morgan fingerprint density at radius 3 is 2.80 bits per heavy atom. The van der Waals surface area contributed by atoms with E-state index in [0.29, 0.717) is 49.5 Å². The number of hydrogen-bond acceptors (Lipinski definition) is 9. The first-order valence-electron chi connectivity index (χ1n) is 10.0. The Balaban J connectivity index is 1.74. The van der Waals surface area contributed by atoms with Gasteiger partial charge in [0.05, 0.1) is 29.1 Å². The van der Waals surface area contributed by atoms with E-state index in [4.69, 9.17) is 18.6 Å². The lowest BCUT2D eigenvalue weighted by Gasteiger charge is -2.26. The number of fused-ring (bicyclic) bond motifs is 3. The van der Waals surface area contributed by atoms with Gasteiger partial charge in [-0.2, -0.15) is 0 Å². The van der Waals surface area contributed by atoms with E-state index in [1.54, 1.807) is 6.07 Å². The first-order valence-corrected chi connectivity index (χ1v) is 10.0. The Labute approximate surface area is 172 Å². The third-order valence-corrected chi connectivity index (χ3v) is 5.37. The molecule has 162 valence electrons. The number of benzene rings is 1. The van der Waals surface area contributed by atoms with Crippen LogP contribution < -0.4 is 15.1 Å². The molecule has 2 atom stereocenters. The van der Waals surface area contributed by atoms with Gasteiger partial charge in [0.2, 0.25) is 0 Å². The molecule has 2 aromatic rings. The molecule has 0 aliphatic carbocycles. The molecule has 0 unspecified atom stereocenters. The van der Waals surface area contributed by atoms with E-state index in [0.717, 1.165) is 19.5 Å². The van der Waals surface area contributed by atoms with Crippen LogP contribution >= 0.6 is 0 Å². The zero-order valence-electron chi connectivity index (χ0n) is 16.7. The van der Waals surface area contributed by atoms with Crippen LogP contribution in [0.1, 0.15) is 30.6 Å². The number of aryl methyl sites for hydroxylation is 1.